The Labute approximate surface area is 260 Å². The van der Waals surface area contributed by atoms with E-state index in [1.807, 2.05) is 12.4 Å². The number of hydrogen-bond donors (Lipinski definition) is 1. The van der Waals surface area contributed by atoms with Crippen LogP contribution in [0.3, 0.4) is 0 Å². The number of pyridine rings is 2. The summed E-state index contributed by atoms with van der Waals surface area (Å²) in [5, 5.41) is 11.2. The molecule has 9 rings (SSSR count). The van der Waals surface area contributed by atoms with Crippen LogP contribution in [0.1, 0.15) is 17.3 Å². The molecule has 1 atom stereocenters. The molecule has 0 aliphatic carbocycles. The molecule has 212 valence electrons. The highest BCUT2D eigenvalue weighted by Gasteiger charge is 2.18. The zero-order valence-corrected chi connectivity index (χ0v) is 24.4. The Hall–Kier alpha value is -6.00. The number of nitrogens with one attached hydrogen (secondary N) is 1. The molecule has 0 amide bonds. The van der Waals surface area contributed by atoms with Gasteiger partial charge in [-0.2, -0.15) is 0 Å². The van der Waals surface area contributed by atoms with Crippen LogP contribution in [0.5, 0.6) is 0 Å². The lowest BCUT2D eigenvalue weighted by Gasteiger charge is -2.23. The number of para-hydroxylation sites is 1. The van der Waals surface area contributed by atoms with Gasteiger partial charge in [-0.1, -0.05) is 97.1 Å². The molecule has 0 bridgehead atoms. The van der Waals surface area contributed by atoms with Gasteiger partial charge in [0.05, 0.1) is 28.5 Å². The number of rotatable bonds is 4. The van der Waals surface area contributed by atoms with Crippen LogP contribution < -0.4 is 5.32 Å². The van der Waals surface area contributed by atoms with Crippen molar-refractivity contribution in [1.29, 1.82) is 0 Å². The molecule has 1 aliphatic heterocycles. The maximum atomic E-state index is 5.14. The Balaban J connectivity index is 1.04. The van der Waals surface area contributed by atoms with E-state index >= 15 is 0 Å². The quantitative estimate of drug-likeness (QED) is 0.212. The van der Waals surface area contributed by atoms with Crippen LogP contribution in [0.4, 0.5) is 0 Å². The lowest BCUT2D eigenvalue weighted by Crippen LogP contribution is -2.21. The lowest BCUT2D eigenvalue weighted by atomic mass is 9.94. The summed E-state index contributed by atoms with van der Waals surface area (Å²) >= 11 is 0. The average molecular weight is 577 g/mol. The summed E-state index contributed by atoms with van der Waals surface area (Å²) in [5.41, 5.74) is 8.75. The maximum Gasteiger partial charge on any atom is 0.0873 e. The summed E-state index contributed by atoms with van der Waals surface area (Å²) in [5.74, 6) is 0. The standard InChI is InChI=1S/C41H28N4/c1-2-10-30-28(9-1)25-34(32-12-4-3-11-31(30)32)37-15-8-17-39(44-37)38-16-7-14-36(43-38)27-19-21-29(22-20-27)45-40-18-6-5-13-33(40)35-26-42-24-23-41(35)45/h1-26,39,44H. The highest BCUT2D eigenvalue weighted by atomic mass is 15.0. The van der Waals surface area contributed by atoms with E-state index in [0.29, 0.717) is 0 Å². The van der Waals surface area contributed by atoms with Gasteiger partial charge in [0.1, 0.15) is 0 Å². The van der Waals surface area contributed by atoms with Crippen molar-refractivity contribution in [2.45, 2.75) is 6.04 Å². The smallest absolute Gasteiger partial charge is 0.0873 e. The number of fused-ring (bicyclic) bond motifs is 6. The molecule has 4 nitrogen and oxygen atoms in total. The molecule has 4 heterocycles. The number of hydrogen-bond acceptors (Lipinski definition) is 3. The molecular formula is C41H28N4. The van der Waals surface area contributed by atoms with Crippen molar-refractivity contribution in [2.24, 2.45) is 0 Å². The minimum Gasteiger partial charge on any atom is -0.373 e. The third-order valence-electron chi connectivity index (χ3n) is 8.92. The second kappa shape index (κ2) is 10.3. The van der Waals surface area contributed by atoms with Gasteiger partial charge in [0, 0.05) is 45.7 Å². The first-order chi connectivity index (χ1) is 22.3. The minimum absolute atomic E-state index is 0.0410. The van der Waals surface area contributed by atoms with E-state index in [2.05, 4.69) is 160 Å². The largest absolute Gasteiger partial charge is 0.373 e. The normalized spacial score (nSPS) is 14.7. The van der Waals surface area contributed by atoms with E-state index in [9.17, 15) is 0 Å². The van der Waals surface area contributed by atoms with Crippen LogP contribution in [0.2, 0.25) is 0 Å². The van der Waals surface area contributed by atoms with Gasteiger partial charge in [-0.15, -0.1) is 0 Å². The van der Waals surface area contributed by atoms with Crippen molar-refractivity contribution in [2.75, 3.05) is 0 Å². The van der Waals surface area contributed by atoms with E-state index in [0.717, 1.165) is 39.2 Å². The highest BCUT2D eigenvalue weighted by Crippen LogP contribution is 2.35. The number of dihydropyridines is 1. The van der Waals surface area contributed by atoms with E-state index in [-0.39, 0.29) is 6.04 Å². The summed E-state index contributed by atoms with van der Waals surface area (Å²) in [7, 11) is 0. The van der Waals surface area contributed by atoms with Crippen molar-refractivity contribution in [1.82, 2.24) is 19.9 Å². The van der Waals surface area contributed by atoms with Gasteiger partial charge < -0.3 is 9.88 Å². The molecule has 3 aromatic heterocycles. The molecule has 1 aliphatic rings. The first-order valence-corrected chi connectivity index (χ1v) is 15.3. The summed E-state index contributed by atoms with van der Waals surface area (Å²) in [6.45, 7) is 0. The number of nitrogens with zero attached hydrogens (tertiary/aromatic N) is 3. The van der Waals surface area contributed by atoms with Gasteiger partial charge >= 0.3 is 0 Å². The molecule has 0 saturated heterocycles. The van der Waals surface area contributed by atoms with Crippen LogP contribution >= 0.6 is 0 Å². The fourth-order valence-corrected chi connectivity index (χ4v) is 6.80. The second-order valence-corrected chi connectivity index (χ2v) is 11.5. The first-order valence-electron chi connectivity index (χ1n) is 15.3. The van der Waals surface area contributed by atoms with E-state index < -0.39 is 0 Å². The summed E-state index contributed by atoms with van der Waals surface area (Å²) in [6, 6.07) is 45.1. The van der Waals surface area contributed by atoms with Gasteiger partial charge in [0.25, 0.3) is 0 Å². The number of allylic oxidation sites excluding steroid dienone is 2. The zero-order valence-electron chi connectivity index (χ0n) is 24.4. The summed E-state index contributed by atoms with van der Waals surface area (Å²) < 4.78 is 2.31. The summed E-state index contributed by atoms with van der Waals surface area (Å²) in [4.78, 5) is 9.53. The monoisotopic (exact) mass is 576 g/mol. The molecule has 8 aromatic rings. The highest BCUT2D eigenvalue weighted by molar-refractivity contribution is 6.12. The molecule has 0 radical (unpaired) electrons. The van der Waals surface area contributed by atoms with Gasteiger partial charge in [0.15, 0.2) is 0 Å². The van der Waals surface area contributed by atoms with Crippen LogP contribution in [0.25, 0.3) is 66.0 Å². The molecule has 4 heteroatoms. The van der Waals surface area contributed by atoms with Crippen molar-refractivity contribution < 1.29 is 0 Å². The zero-order chi connectivity index (χ0) is 29.7. The molecule has 5 aromatic carbocycles. The van der Waals surface area contributed by atoms with Gasteiger partial charge in [-0.05, 0) is 70.1 Å². The number of aromatic nitrogens is 3. The third-order valence-corrected chi connectivity index (χ3v) is 8.92. The lowest BCUT2D eigenvalue weighted by molar-refractivity contribution is 0.738. The molecule has 1 N–H and O–H groups in total. The van der Waals surface area contributed by atoms with Crippen LogP contribution in [-0.4, -0.2) is 14.5 Å². The van der Waals surface area contributed by atoms with Gasteiger partial charge in [-0.3, -0.25) is 9.97 Å². The number of benzene rings is 5. The van der Waals surface area contributed by atoms with Gasteiger partial charge in [-0.25, -0.2) is 0 Å². The van der Waals surface area contributed by atoms with Crippen molar-refractivity contribution >= 4 is 49.0 Å². The third kappa shape index (κ3) is 4.22. The Bertz CT molecular complexity index is 2410. The fraction of sp³-hybridized carbons (Fsp3) is 0.0244. The molecule has 0 spiro atoms. The Morgan fingerprint density at radius 2 is 1.38 bits per heavy atom. The molecule has 1 unspecified atom stereocenters. The van der Waals surface area contributed by atoms with E-state index in [1.165, 1.54) is 38.0 Å². The van der Waals surface area contributed by atoms with Gasteiger partial charge in [0.2, 0.25) is 0 Å². The van der Waals surface area contributed by atoms with Crippen molar-refractivity contribution in [3.8, 4) is 16.9 Å². The fourth-order valence-electron chi connectivity index (χ4n) is 6.80. The second-order valence-electron chi connectivity index (χ2n) is 11.5. The minimum atomic E-state index is -0.0410. The van der Waals surface area contributed by atoms with E-state index in [4.69, 9.17) is 4.98 Å². The Morgan fingerprint density at radius 1 is 0.622 bits per heavy atom. The van der Waals surface area contributed by atoms with E-state index in [1.54, 1.807) is 0 Å². The van der Waals surface area contributed by atoms with Crippen LogP contribution in [0, 0.1) is 0 Å². The van der Waals surface area contributed by atoms with Crippen molar-refractivity contribution in [3.05, 3.63) is 169 Å². The summed E-state index contributed by atoms with van der Waals surface area (Å²) in [6.07, 6.45) is 10.3. The Kier molecular flexibility index (Phi) is 5.85. The molecule has 0 fully saturated rings. The molecule has 45 heavy (non-hydrogen) atoms. The van der Waals surface area contributed by atoms with Crippen LogP contribution in [0.15, 0.2) is 158 Å². The molecular weight excluding hydrogens is 548 g/mol. The SMILES string of the molecule is C1=CC(c2cccc(-c3ccc(-n4c5ccccc5c5cnccc54)cc3)n2)NC(c2cc3ccccc3c3ccccc23)=C1. The maximum absolute atomic E-state index is 5.14. The predicted molar refractivity (Wildman–Crippen MR) is 186 cm³/mol. The predicted octanol–water partition coefficient (Wildman–Crippen LogP) is 9.79. The topological polar surface area (TPSA) is 42.7 Å². The molecule has 0 saturated carbocycles. The Morgan fingerprint density at radius 3 is 2.27 bits per heavy atom. The van der Waals surface area contributed by atoms with Crippen LogP contribution in [-0.2, 0) is 0 Å². The first kappa shape index (κ1) is 25.5. The van der Waals surface area contributed by atoms with Crippen molar-refractivity contribution in [3.63, 3.8) is 0 Å². The average Bonchev–Trinajstić information content (AvgIpc) is 3.46.